The van der Waals surface area contributed by atoms with E-state index in [9.17, 15) is 9.90 Å². The number of fused-ring (bicyclic) bond motifs is 2. The lowest BCUT2D eigenvalue weighted by Gasteiger charge is -2.19. The van der Waals surface area contributed by atoms with Crippen LogP contribution >= 0.6 is 0 Å². The fraction of sp³-hybridized carbons (Fsp3) is 0.207. The van der Waals surface area contributed by atoms with Crippen molar-refractivity contribution in [3.8, 4) is 5.75 Å². The summed E-state index contributed by atoms with van der Waals surface area (Å²) in [7, 11) is 0. The Hall–Kier alpha value is -4.19. The van der Waals surface area contributed by atoms with Crippen molar-refractivity contribution in [3.63, 3.8) is 0 Å². The van der Waals surface area contributed by atoms with Gasteiger partial charge >= 0.3 is 5.97 Å². The first-order chi connectivity index (χ1) is 16.9. The van der Waals surface area contributed by atoms with Gasteiger partial charge in [-0.3, -0.25) is 4.79 Å². The van der Waals surface area contributed by atoms with Crippen molar-refractivity contribution in [3.05, 3.63) is 102 Å². The highest BCUT2D eigenvalue weighted by molar-refractivity contribution is 5.79. The minimum absolute atomic E-state index is 0.320. The van der Waals surface area contributed by atoms with E-state index in [2.05, 4.69) is 21.7 Å². The number of carboxylic acid groups (broad SMARTS) is 1. The molecule has 0 atom stereocenters. The molecule has 0 bridgehead atoms. The second-order valence-electron chi connectivity index (χ2n) is 9.40. The van der Waals surface area contributed by atoms with Gasteiger partial charge in [-0.05, 0) is 43.7 Å². The zero-order chi connectivity index (χ0) is 24.4. The molecule has 176 valence electrons. The van der Waals surface area contributed by atoms with Gasteiger partial charge in [-0.25, -0.2) is 9.97 Å². The average Bonchev–Trinajstić information content (AvgIpc) is 3.18. The molecule has 0 unspecified atom stereocenters. The number of benzene rings is 3. The topological polar surface area (TPSA) is 77.2 Å². The van der Waals surface area contributed by atoms with E-state index in [-0.39, 0.29) is 0 Å². The number of para-hydroxylation sites is 1. The molecule has 5 rings (SSSR count). The molecule has 3 aromatic carbocycles. The smallest absolute Gasteiger partial charge is 0.309 e. The van der Waals surface area contributed by atoms with Crippen LogP contribution in [0, 0.1) is 5.41 Å². The molecule has 35 heavy (non-hydrogen) atoms. The lowest BCUT2D eigenvalue weighted by molar-refractivity contribution is -0.146. The molecule has 0 aliphatic carbocycles. The van der Waals surface area contributed by atoms with Crippen LogP contribution in [0.15, 0.2) is 84.9 Å². The summed E-state index contributed by atoms with van der Waals surface area (Å²) in [5.41, 5.74) is 3.71. The van der Waals surface area contributed by atoms with E-state index in [1.165, 1.54) is 0 Å². The number of rotatable bonds is 8. The van der Waals surface area contributed by atoms with Crippen LogP contribution < -0.4 is 4.74 Å². The van der Waals surface area contributed by atoms with Crippen LogP contribution in [0.1, 0.15) is 30.9 Å². The zero-order valence-corrected chi connectivity index (χ0v) is 19.8. The Morgan fingerprint density at radius 2 is 1.69 bits per heavy atom. The Balaban J connectivity index is 1.44. The number of carbonyl (C=O) groups is 1. The van der Waals surface area contributed by atoms with Crippen molar-refractivity contribution in [1.82, 2.24) is 14.5 Å². The maximum absolute atomic E-state index is 11.8. The Labute approximate surface area is 203 Å². The number of aliphatic carboxylic acids is 1. The minimum atomic E-state index is -0.934. The monoisotopic (exact) mass is 465 g/mol. The van der Waals surface area contributed by atoms with Crippen LogP contribution in [0.2, 0.25) is 0 Å². The van der Waals surface area contributed by atoms with Gasteiger partial charge < -0.3 is 14.4 Å². The molecular formula is C29H27N3O3. The molecule has 2 aromatic heterocycles. The van der Waals surface area contributed by atoms with Gasteiger partial charge in [0.25, 0.3) is 0 Å². The van der Waals surface area contributed by atoms with E-state index in [4.69, 9.17) is 9.72 Å². The standard InChI is InChI=1S/C29H27N3O3/c1-29(2,28(33)34)17-27-31-25-16-23(14-15-26(25)32(27)18-20-8-4-3-5-9-20)35-19-22-13-12-21-10-6-7-11-24(21)30-22/h3-16H,17-19H2,1-2H3,(H,33,34). The number of ether oxygens (including phenoxy) is 1. The van der Waals surface area contributed by atoms with Crippen molar-refractivity contribution in [1.29, 1.82) is 0 Å². The summed E-state index contributed by atoms with van der Waals surface area (Å²) in [6.07, 6.45) is 0.320. The summed E-state index contributed by atoms with van der Waals surface area (Å²) in [4.78, 5) is 21.3. The van der Waals surface area contributed by atoms with Gasteiger partial charge in [0.05, 0.1) is 27.7 Å². The van der Waals surface area contributed by atoms with E-state index in [0.717, 1.165) is 39.0 Å². The summed E-state index contributed by atoms with van der Waals surface area (Å²) in [5, 5.41) is 10.8. The normalized spacial score (nSPS) is 11.7. The van der Waals surface area contributed by atoms with Crippen LogP contribution in [0.5, 0.6) is 5.75 Å². The molecule has 0 amide bonds. The maximum atomic E-state index is 11.8. The van der Waals surface area contributed by atoms with Crippen LogP contribution in [0.25, 0.3) is 21.9 Å². The highest BCUT2D eigenvalue weighted by Gasteiger charge is 2.30. The molecule has 0 aliphatic heterocycles. The van der Waals surface area contributed by atoms with Crippen LogP contribution in [0.4, 0.5) is 0 Å². The predicted octanol–water partition coefficient (Wildman–Crippen LogP) is 5.87. The van der Waals surface area contributed by atoms with Gasteiger partial charge in [-0.1, -0.05) is 54.6 Å². The fourth-order valence-corrected chi connectivity index (χ4v) is 4.14. The maximum Gasteiger partial charge on any atom is 0.309 e. The quantitative estimate of drug-likeness (QED) is 0.310. The van der Waals surface area contributed by atoms with Crippen molar-refractivity contribution < 1.29 is 14.6 Å². The molecule has 0 saturated carbocycles. The minimum Gasteiger partial charge on any atom is -0.487 e. The average molecular weight is 466 g/mol. The molecular weight excluding hydrogens is 438 g/mol. The molecule has 2 heterocycles. The van der Waals surface area contributed by atoms with Crippen LogP contribution in [-0.4, -0.2) is 25.6 Å². The second kappa shape index (κ2) is 9.22. The molecule has 5 aromatic rings. The Morgan fingerprint density at radius 3 is 2.49 bits per heavy atom. The molecule has 1 N–H and O–H groups in total. The summed E-state index contributed by atoms with van der Waals surface area (Å²) in [5.74, 6) is 0.591. The van der Waals surface area contributed by atoms with Gasteiger partial charge in [0, 0.05) is 24.4 Å². The Bertz CT molecular complexity index is 1510. The first-order valence-electron chi connectivity index (χ1n) is 11.6. The van der Waals surface area contributed by atoms with E-state index in [1.807, 2.05) is 72.8 Å². The van der Waals surface area contributed by atoms with Gasteiger partial charge in [-0.2, -0.15) is 0 Å². The highest BCUT2D eigenvalue weighted by Crippen LogP contribution is 2.28. The van der Waals surface area contributed by atoms with Crippen molar-refractivity contribution in [2.24, 2.45) is 5.41 Å². The summed E-state index contributed by atoms with van der Waals surface area (Å²) >= 11 is 0. The van der Waals surface area contributed by atoms with E-state index < -0.39 is 11.4 Å². The third kappa shape index (κ3) is 4.87. The lowest BCUT2D eigenvalue weighted by Crippen LogP contribution is -2.27. The molecule has 0 radical (unpaired) electrons. The van der Waals surface area contributed by atoms with Crippen molar-refractivity contribution >= 4 is 27.9 Å². The van der Waals surface area contributed by atoms with Crippen molar-refractivity contribution in [2.75, 3.05) is 0 Å². The third-order valence-corrected chi connectivity index (χ3v) is 6.20. The van der Waals surface area contributed by atoms with Gasteiger partial charge in [0.2, 0.25) is 0 Å². The number of carboxylic acids is 1. The first kappa shape index (κ1) is 22.6. The Morgan fingerprint density at radius 1 is 0.914 bits per heavy atom. The summed E-state index contributed by atoms with van der Waals surface area (Å²) < 4.78 is 8.15. The number of nitrogens with zero attached hydrogens (tertiary/aromatic N) is 3. The molecule has 0 saturated heterocycles. The largest absolute Gasteiger partial charge is 0.487 e. The number of imidazole rings is 1. The zero-order valence-electron chi connectivity index (χ0n) is 19.8. The van der Waals surface area contributed by atoms with Crippen LogP contribution in [-0.2, 0) is 24.4 Å². The van der Waals surface area contributed by atoms with E-state index in [1.54, 1.807) is 13.8 Å². The Kier molecular flexibility index (Phi) is 5.95. The van der Waals surface area contributed by atoms with E-state index >= 15 is 0 Å². The first-order valence-corrected chi connectivity index (χ1v) is 11.6. The molecule has 6 heteroatoms. The summed E-state index contributed by atoms with van der Waals surface area (Å²) in [6, 6.07) is 28.0. The summed E-state index contributed by atoms with van der Waals surface area (Å²) in [6.45, 7) is 4.42. The number of pyridine rings is 1. The number of hydrogen-bond donors (Lipinski definition) is 1. The molecule has 0 spiro atoms. The van der Waals surface area contributed by atoms with Gasteiger partial charge in [0.1, 0.15) is 18.2 Å². The molecule has 0 aliphatic rings. The van der Waals surface area contributed by atoms with Gasteiger partial charge in [-0.15, -0.1) is 0 Å². The fourth-order valence-electron chi connectivity index (χ4n) is 4.14. The van der Waals surface area contributed by atoms with E-state index in [0.29, 0.717) is 25.3 Å². The molecule has 0 fully saturated rings. The highest BCUT2D eigenvalue weighted by atomic mass is 16.5. The van der Waals surface area contributed by atoms with Gasteiger partial charge in [0.15, 0.2) is 0 Å². The van der Waals surface area contributed by atoms with Crippen LogP contribution in [0.3, 0.4) is 0 Å². The lowest BCUT2D eigenvalue weighted by atomic mass is 9.89. The number of aromatic nitrogens is 3. The number of hydrogen-bond acceptors (Lipinski definition) is 4. The third-order valence-electron chi connectivity index (χ3n) is 6.20. The SMILES string of the molecule is CC(C)(Cc1nc2cc(OCc3ccc4ccccc4n3)ccc2n1Cc1ccccc1)C(=O)O. The predicted molar refractivity (Wildman–Crippen MR) is 136 cm³/mol. The second-order valence-corrected chi connectivity index (χ2v) is 9.40. The molecule has 6 nitrogen and oxygen atoms in total. The van der Waals surface area contributed by atoms with Crippen molar-refractivity contribution in [2.45, 2.75) is 33.4 Å².